The molecular formula is C23H31N5. The van der Waals surface area contributed by atoms with Crippen molar-refractivity contribution >= 4 is 11.5 Å². The second kappa shape index (κ2) is 7.70. The molecule has 1 aliphatic carbocycles. The van der Waals surface area contributed by atoms with E-state index in [0.29, 0.717) is 6.04 Å². The third-order valence-electron chi connectivity index (χ3n) is 6.84. The molecule has 2 saturated heterocycles. The van der Waals surface area contributed by atoms with Crippen LogP contribution in [0.1, 0.15) is 36.1 Å². The van der Waals surface area contributed by atoms with E-state index in [2.05, 4.69) is 50.9 Å². The first kappa shape index (κ1) is 17.9. The number of fused-ring (bicyclic) bond motifs is 1. The fourth-order valence-corrected chi connectivity index (χ4v) is 5.31. The van der Waals surface area contributed by atoms with Gasteiger partial charge in [0.1, 0.15) is 12.1 Å². The van der Waals surface area contributed by atoms with Crippen molar-refractivity contribution in [3.8, 4) is 0 Å². The molecule has 28 heavy (non-hydrogen) atoms. The Labute approximate surface area is 168 Å². The summed E-state index contributed by atoms with van der Waals surface area (Å²) in [6, 6.07) is 9.44. The molecule has 0 bridgehead atoms. The second-order valence-electron chi connectivity index (χ2n) is 8.53. The molecule has 5 heteroatoms. The molecular weight excluding hydrogens is 346 g/mol. The summed E-state index contributed by atoms with van der Waals surface area (Å²) < 4.78 is 0. The highest BCUT2D eigenvalue weighted by molar-refractivity contribution is 5.53. The third-order valence-corrected chi connectivity index (χ3v) is 6.84. The molecule has 0 spiro atoms. The number of piperazine rings is 1. The van der Waals surface area contributed by atoms with E-state index in [1.165, 1.54) is 47.6 Å². The molecule has 1 aromatic heterocycles. The van der Waals surface area contributed by atoms with Crippen molar-refractivity contribution < 1.29 is 0 Å². The minimum atomic E-state index is 0.653. The van der Waals surface area contributed by atoms with Crippen molar-refractivity contribution in [3.05, 3.63) is 47.4 Å². The Bertz CT molecular complexity index is 827. The summed E-state index contributed by atoms with van der Waals surface area (Å²) in [6.07, 6.45) is 7.88. The van der Waals surface area contributed by atoms with Gasteiger partial charge < -0.3 is 9.80 Å². The number of nitrogens with zero attached hydrogens (tertiary/aromatic N) is 5. The summed E-state index contributed by atoms with van der Waals surface area (Å²) in [5, 5.41) is 0. The maximum absolute atomic E-state index is 4.70. The Balaban J connectivity index is 1.24. The van der Waals surface area contributed by atoms with E-state index in [1.807, 2.05) is 0 Å². The fourth-order valence-electron chi connectivity index (χ4n) is 5.31. The van der Waals surface area contributed by atoms with E-state index >= 15 is 0 Å². The molecule has 1 atom stereocenters. The van der Waals surface area contributed by atoms with Gasteiger partial charge in [-0.25, -0.2) is 9.97 Å². The van der Waals surface area contributed by atoms with Gasteiger partial charge in [-0.3, -0.25) is 4.90 Å². The molecule has 1 aromatic carbocycles. The number of anilines is 2. The number of aromatic nitrogens is 2. The fraction of sp³-hybridized carbons (Fsp3) is 0.565. The number of hydrogen-bond acceptors (Lipinski definition) is 5. The van der Waals surface area contributed by atoms with Crippen LogP contribution in [0.3, 0.4) is 0 Å². The lowest BCUT2D eigenvalue weighted by Gasteiger charge is -2.44. The highest BCUT2D eigenvalue weighted by Crippen LogP contribution is 2.31. The topological polar surface area (TPSA) is 35.5 Å². The molecule has 0 saturated carbocycles. The molecule has 0 N–H and O–H groups in total. The van der Waals surface area contributed by atoms with Gasteiger partial charge in [0, 0.05) is 62.3 Å². The number of benzene rings is 1. The van der Waals surface area contributed by atoms with Crippen LogP contribution in [-0.2, 0) is 12.8 Å². The smallest absolute Gasteiger partial charge is 0.135 e. The molecule has 0 unspecified atom stereocenters. The van der Waals surface area contributed by atoms with E-state index in [9.17, 15) is 0 Å². The number of para-hydroxylation sites is 1. The lowest BCUT2D eigenvalue weighted by Crippen LogP contribution is -2.55. The zero-order valence-corrected chi connectivity index (χ0v) is 17.0. The standard InChI is InChI=1S/C23H31N5/c1-18-6-2-3-10-22(18)27-14-12-26(13-15-27)19-7-5-11-28(16-19)23-20-8-4-9-21(20)24-17-25-23/h2-3,6,10,17,19H,4-5,7-9,11-16H2,1H3/t19-/m1/s1. The molecule has 5 rings (SSSR count). The molecule has 3 heterocycles. The first-order chi connectivity index (χ1) is 13.8. The maximum Gasteiger partial charge on any atom is 0.135 e. The van der Waals surface area contributed by atoms with Crippen molar-refractivity contribution in [1.29, 1.82) is 0 Å². The minimum Gasteiger partial charge on any atom is -0.369 e. The van der Waals surface area contributed by atoms with Crippen LogP contribution in [0.15, 0.2) is 30.6 Å². The number of hydrogen-bond donors (Lipinski definition) is 0. The van der Waals surface area contributed by atoms with E-state index in [1.54, 1.807) is 6.33 Å². The van der Waals surface area contributed by atoms with Gasteiger partial charge in [-0.05, 0) is 50.7 Å². The Morgan fingerprint density at radius 1 is 0.893 bits per heavy atom. The molecule has 2 aliphatic heterocycles. The number of piperidine rings is 1. The lowest BCUT2D eigenvalue weighted by atomic mass is 10.0. The van der Waals surface area contributed by atoms with Crippen LogP contribution in [0.2, 0.25) is 0 Å². The van der Waals surface area contributed by atoms with Gasteiger partial charge in [-0.1, -0.05) is 18.2 Å². The predicted octanol–water partition coefficient (Wildman–Crippen LogP) is 3.06. The number of rotatable bonds is 3. The van der Waals surface area contributed by atoms with Crippen LogP contribution >= 0.6 is 0 Å². The van der Waals surface area contributed by atoms with Crippen LogP contribution in [0, 0.1) is 6.92 Å². The minimum absolute atomic E-state index is 0.653. The van der Waals surface area contributed by atoms with E-state index in [4.69, 9.17) is 4.98 Å². The van der Waals surface area contributed by atoms with Gasteiger partial charge >= 0.3 is 0 Å². The summed E-state index contributed by atoms with van der Waals surface area (Å²) in [5.41, 5.74) is 5.51. The predicted molar refractivity (Wildman–Crippen MR) is 114 cm³/mol. The third kappa shape index (κ3) is 3.37. The quantitative estimate of drug-likeness (QED) is 0.821. The van der Waals surface area contributed by atoms with E-state index in [0.717, 1.165) is 52.1 Å². The van der Waals surface area contributed by atoms with Gasteiger partial charge in [0.15, 0.2) is 0 Å². The van der Waals surface area contributed by atoms with Crippen LogP contribution < -0.4 is 9.80 Å². The Hall–Kier alpha value is -2.14. The van der Waals surface area contributed by atoms with E-state index in [-0.39, 0.29) is 0 Å². The molecule has 0 radical (unpaired) electrons. The highest BCUT2D eigenvalue weighted by Gasteiger charge is 2.30. The van der Waals surface area contributed by atoms with Crippen LogP contribution in [0.25, 0.3) is 0 Å². The molecule has 3 aliphatic rings. The highest BCUT2D eigenvalue weighted by atomic mass is 15.3. The maximum atomic E-state index is 4.70. The van der Waals surface area contributed by atoms with Gasteiger partial charge in [0.05, 0.1) is 0 Å². The summed E-state index contributed by atoms with van der Waals surface area (Å²) in [5.74, 6) is 1.23. The van der Waals surface area contributed by atoms with Crippen molar-refractivity contribution in [3.63, 3.8) is 0 Å². The molecule has 2 fully saturated rings. The zero-order chi connectivity index (χ0) is 18.9. The van der Waals surface area contributed by atoms with E-state index < -0.39 is 0 Å². The first-order valence-corrected chi connectivity index (χ1v) is 10.9. The van der Waals surface area contributed by atoms with Gasteiger partial charge in [-0.2, -0.15) is 0 Å². The average Bonchev–Trinajstić information content (AvgIpc) is 3.23. The molecule has 2 aromatic rings. The van der Waals surface area contributed by atoms with Crippen molar-refractivity contribution in [2.45, 2.75) is 45.1 Å². The Morgan fingerprint density at radius 3 is 2.61 bits per heavy atom. The largest absolute Gasteiger partial charge is 0.369 e. The van der Waals surface area contributed by atoms with Crippen molar-refractivity contribution in [2.24, 2.45) is 0 Å². The summed E-state index contributed by atoms with van der Waals surface area (Å²) in [6.45, 7) is 9.07. The SMILES string of the molecule is Cc1ccccc1N1CCN([C@@H]2CCCN(c3ncnc4c3CCC4)C2)CC1. The zero-order valence-electron chi connectivity index (χ0n) is 17.0. The first-order valence-electron chi connectivity index (χ1n) is 10.9. The van der Waals surface area contributed by atoms with Gasteiger partial charge in [0.25, 0.3) is 0 Å². The Kier molecular flexibility index (Phi) is 4.93. The molecule has 0 amide bonds. The van der Waals surface area contributed by atoms with Crippen LogP contribution in [0.5, 0.6) is 0 Å². The molecule has 148 valence electrons. The van der Waals surface area contributed by atoms with Crippen molar-refractivity contribution in [1.82, 2.24) is 14.9 Å². The van der Waals surface area contributed by atoms with Crippen LogP contribution in [0.4, 0.5) is 11.5 Å². The average molecular weight is 378 g/mol. The summed E-state index contributed by atoms with van der Waals surface area (Å²) in [7, 11) is 0. The number of aryl methyl sites for hydroxylation is 2. The second-order valence-corrected chi connectivity index (χ2v) is 8.53. The summed E-state index contributed by atoms with van der Waals surface area (Å²) in [4.78, 5) is 17.1. The van der Waals surface area contributed by atoms with Crippen LogP contribution in [-0.4, -0.2) is 60.2 Å². The van der Waals surface area contributed by atoms with Gasteiger partial charge in [-0.15, -0.1) is 0 Å². The Morgan fingerprint density at radius 2 is 1.75 bits per heavy atom. The monoisotopic (exact) mass is 377 g/mol. The normalized spacial score (nSPS) is 23.1. The lowest BCUT2D eigenvalue weighted by molar-refractivity contribution is 0.166. The summed E-state index contributed by atoms with van der Waals surface area (Å²) >= 11 is 0. The van der Waals surface area contributed by atoms with Crippen molar-refractivity contribution in [2.75, 3.05) is 49.1 Å². The van der Waals surface area contributed by atoms with Gasteiger partial charge in [0.2, 0.25) is 0 Å². The molecule has 5 nitrogen and oxygen atoms in total.